The Bertz CT molecular complexity index is 859. The third kappa shape index (κ3) is 3.94. The van der Waals surface area contributed by atoms with Crippen LogP contribution >= 0.6 is 0 Å². The van der Waals surface area contributed by atoms with Crippen LogP contribution in [0.4, 0.5) is 5.69 Å². The number of benzene rings is 1. The molecule has 1 fully saturated rings. The fourth-order valence-corrected chi connectivity index (χ4v) is 4.62. The van der Waals surface area contributed by atoms with Crippen molar-refractivity contribution < 1.29 is 13.2 Å². The van der Waals surface area contributed by atoms with E-state index in [-0.39, 0.29) is 12.8 Å². The fraction of sp³-hybridized carbons (Fsp3) is 0.368. The minimum atomic E-state index is -3.51. The van der Waals surface area contributed by atoms with E-state index in [4.69, 9.17) is 0 Å². The molecule has 6 nitrogen and oxygen atoms in total. The van der Waals surface area contributed by atoms with Gasteiger partial charge in [-0.15, -0.1) is 0 Å². The highest BCUT2D eigenvalue weighted by molar-refractivity contribution is 7.92. The highest BCUT2D eigenvalue weighted by Gasteiger charge is 2.48. The van der Waals surface area contributed by atoms with Crippen LogP contribution in [0.15, 0.2) is 48.8 Å². The quantitative estimate of drug-likeness (QED) is 0.834. The van der Waals surface area contributed by atoms with E-state index >= 15 is 0 Å². The monoisotopic (exact) mass is 373 g/mol. The van der Waals surface area contributed by atoms with Gasteiger partial charge in [0, 0.05) is 24.3 Å². The Kier molecular flexibility index (Phi) is 5.38. The summed E-state index contributed by atoms with van der Waals surface area (Å²) in [6.45, 7) is 1.04. The minimum absolute atomic E-state index is 0.289. The van der Waals surface area contributed by atoms with Crippen LogP contribution in [0.3, 0.4) is 0 Å². The molecule has 1 aromatic heterocycles. The van der Waals surface area contributed by atoms with Crippen LogP contribution in [-0.4, -0.2) is 43.4 Å². The molecule has 2 N–H and O–H groups in total. The molecule has 0 bridgehead atoms. The fourth-order valence-electron chi connectivity index (χ4n) is 3.28. The normalized spacial score (nSPS) is 16.8. The predicted octanol–water partition coefficient (Wildman–Crippen LogP) is 1.78. The topological polar surface area (TPSA) is 88.2 Å². The van der Waals surface area contributed by atoms with Crippen molar-refractivity contribution >= 4 is 21.4 Å². The molecule has 138 valence electrons. The number of pyridine rings is 1. The van der Waals surface area contributed by atoms with Crippen molar-refractivity contribution in [3.63, 3.8) is 0 Å². The number of piperidine rings is 1. The van der Waals surface area contributed by atoms with Gasteiger partial charge in [-0.1, -0.05) is 12.1 Å². The van der Waals surface area contributed by atoms with E-state index in [1.165, 1.54) is 0 Å². The number of amides is 1. The van der Waals surface area contributed by atoms with E-state index in [2.05, 4.69) is 15.6 Å². The van der Waals surface area contributed by atoms with Crippen LogP contribution in [-0.2, 0) is 21.1 Å². The van der Waals surface area contributed by atoms with Crippen molar-refractivity contribution in [2.75, 3.05) is 24.7 Å². The first-order valence-corrected chi connectivity index (χ1v) is 10.5. The number of anilines is 1. The summed E-state index contributed by atoms with van der Waals surface area (Å²) in [5.41, 5.74) is 2.87. The van der Waals surface area contributed by atoms with Crippen molar-refractivity contribution in [1.29, 1.82) is 0 Å². The zero-order chi connectivity index (χ0) is 18.6. The number of sulfone groups is 1. The van der Waals surface area contributed by atoms with E-state index in [0.29, 0.717) is 18.8 Å². The molecular weight excluding hydrogens is 350 g/mol. The van der Waals surface area contributed by atoms with Gasteiger partial charge in [0.1, 0.15) is 0 Å². The molecule has 0 spiro atoms. The van der Waals surface area contributed by atoms with E-state index in [0.717, 1.165) is 23.8 Å². The summed E-state index contributed by atoms with van der Waals surface area (Å²) < 4.78 is 23.3. The highest BCUT2D eigenvalue weighted by atomic mass is 32.2. The number of carbonyl (C=O) groups excluding carboxylic acids is 1. The summed E-state index contributed by atoms with van der Waals surface area (Å²) in [4.78, 5) is 16.8. The van der Waals surface area contributed by atoms with E-state index in [1.54, 1.807) is 12.4 Å². The number of rotatable bonds is 5. The molecular formula is C19H23N3O3S. The van der Waals surface area contributed by atoms with Crippen LogP contribution in [0.2, 0.25) is 0 Å². The maximum absolute atomic E-state index is 12.8. The van der Waals surface area contributed by atoms with Gasteiger partial charge in [0.15, 0.2) is 14.6 Å². The molecule has 3 rings (SSSR count). The summed E-state index contributed by atoms with van der Waals surface area (Å²) in [5.74, 6) is -0.441. The molecule has 0 atom stereocenters. The summed E-state index contributed by atoms with van der Waals surface area (Å²) in [6, 6.07) is 11.4. The number of hydrogen-bond acceptors (Lipinski definition) is 5. The Morgan fingerprint density at radius 2 is 1.65 bits per heavy atom. The molecule has 1 aliphatic heterocycles. The van der Waals surface area contributed by atoms with Gasteiger partial charge in [0.2, 0.25) is 5.91 Å². The van der Waals surface area contributed by atoms with Gasteiger partial charge in [-0.05, 0) is 67.7 Å². The molecule has 0 unspecified atom stereocenters. The van der Waals surface area contributed by atoms with Crippen LogP contribution in [0.5, 0.6) is 0 Å². The largest absolute Gasteiger partial charge is 0.325 e. The number of hydrogen-bond donors (Lipinski definition) is 2. The molecule has 26 heavy (non-hydrogen) atoms. The smallest absolute Gasteiger partial charge is 0.245 e. The lowest BCUT2D eigenvalue weighted by atomic mass is 9.95. The third-order valence-corrected chi connectivity index (χ3v) is 6.92. The molecule has 0 saturated carbocycles. The number of nitrogens with one attached hydrogen (secondary N) is 2. The average Bonchev–Trinajstić information content (AvgIpc) is 2.64. The number of nitrogens with zero attached hydrogens (tertiary/aromatic N) is 1. The van der Waals surface area contributed by atoms with Crippen LogP contribution in [0, 0.1) is 0 Å². The first kappa shape index (κ1) is 18.5. The van der Waals surface area contributed by atoms with Gasteiger partial charge in [0.25, 0.3) is 0 Å². The SMILES string of the molecule is CS(=O)(=O)C1(C(=O)Nc2ccc(Cc3ccncc3)cc2)CCNCC1. The van der Waals surface area contributed by atoms with Crippen molar-refractivity contribution in [2.45, 2.75) is 24.0 Å². The Morgan fingerprint density at radius 1 is 1.08 bits per heavy atom. The Balaban J connectivity index is 1.72. The Labute approximate surface area is 154 Å². The standard InChI is InChI=1S/C19H23N3O3S/c1-26(24,25)19(8-12-21-13-9-19)18(23)22-17-4-2-15(3-5-17)14-16-6-10-20-11-7-16/h2-7,10-11,21H,8-9,12-14H2,1H3,(H,22,23). The maximum atomic E-state index is 12.8. The lowest BCUT2D eigenvalue weighted by Gasteiger charge is -2.34. The average molecular weight is 373 g/mol. The summed E-state index contributed by atoms with van der Waals surface area (Å²) in [5, 5.41) is 5.91. The summed E-state index contributed by atoms with van der Waals surface area (Å²) >= 11 is 0. The molecule has 2 aromatic rings. The van der Waals surface area contributed by atoms with Gasteiger partial charge in [-0.2, -0.15) is 0 Å². The molecule has 0 aliphatic carbocycles. The highest BCUT2D eigenvalue weighted by Crippen LogP contribution is 2.29. The van der Waals surface area contributed by atoms with Crippen molar-refractivity contribution in [1.82, 2.24) is 10.3 Å². The molecule has 7 heteroatoms. The zero-order valence-corrected chi connectivity index (χ0v) is 15.6. The molecule has 1 amide bonds. The van der Waals surface area contributed by atoms with E-state index in [9.17, 15) is 13.2 Å². The lowest BCUT2D eigenvalue weighted by Crippen LogP contribution is -2.55. The Morgan fingerprint density at radius 3 is 2.23 bits per heavy atom. The summed E-state index contributed by atoms with van der Waals surface area (Å²) in [7, 11) is -3.51. The maximum Gasteiger partial charge on any atom is 0.245 e. The van der Waals surface area contributed by atoms with Crippen molar-refractivity contribution in [3.8, 4) is 0 Å². The third-order valence-electron chi connectivity index (χ3n) is 4.90. The first-order chi connectivity index (χ1) is 12.4. The Hall–Kier alpha value is -2.25. The molecule has 1 saturated heterocycles. The van der Waals surface area contributed by atoms with Crippen molar-refractivity contribution in [2.24, 2.45) is 0 Å². The van der Waals surface area contributed by atoms with Gasteiger partial charge in [-0.3, -0.25) is 9.78 Å². The lowest BCUT2D eigenvalue weighted by molar-refractivity contribution is -0.119. The van der Waals surface area contributed by atoms with Gasteiger partial charge < -0.3 is 10.6 Å². The van der Waals surface area contributed by atoms with Gasteiger partial charge in [-0.25, -0.2) is 8.42 Å². The predicted molar refractivity (Wildman–Crippen MR) is 102 cm³/mol. The van der Waals surface area contributed by atoms with Crippen molar-refractivity contribution in [3.05, 3.63) is 59.9 Å². The second-order valence-corrected chi connectivity index (χ2v) is 9.03. The van der Waals surface area contributed by atoms with Gasteiger partial charge >= 0.3 is 0 Å². The van der Waals surface area contributed by atoms with Crippen LogP contribution in [0.25, 0.3) is 0 Å². The molecule has 1 aromatic carbocycles. The number of carbonyl (C=O) groups is 1. The summed E-state index contributed by atoms with van der Waals surface area (Å²) in [6.07, 6.45) is 6.02. The second-order valence-electron chi connectivity index (χ2n) is 6.70. The second kappa shape index (κ2) is 7.55. The molecule has 1 aliphatic rings. The van der Waals surface area contributed by atoms with Crippen LogP contribution in [0.1, 0.15) is 24.0 Å². The minimum Gasteiger partial charge on any atom is -0.325 e. The first-order valence-electron chi connectivity index (χ1n) is 8.60. The van der Waals surface area contributed by atoms with E-state index < -0.39 is 20.5 Å². The van der Waals surface area contributed by atoms with Crippen LogP contribution < -0.4 is 10.6 Å². The molecule has 2 heterocycles. The van der Waals surface area contributed by atoms with Gasteiger partial charge in [0.05, 0.1) is 0 Å². The van der Waals surface area contributed by atoms with E-state index in [1.807, 2.05) is 36.4 Å². The zero-order valence-electron chi connectivity index (χ0n) is 14.7. The molecule has 0 radical (unpaired) electrons. The number of aromatic nitrogens is 1.